The lowest BCUT2D eigenvalue weighted by Crippen LogP contribution is -2.40. The van der Waals surface area contributed by atoms with Crippen LogP contribution in [0.25, 0.3) is 0 Å². The normalized spacial score (nSPS) is 11.8. The molecule has 0 saturated heterocycles. The maximum atomic E-state index is 13.4. The number of nitrogens with one attached hydrogen (secondary N) is 2. The van der Waals surface area contributed by atoms with E-state index in [-0.39, 0.29) is 21.8 Å². The molecule has 0 radical (unpaired) electrons. The van der Waals surface area contributed by atoms with Crippen LogP contribution in [0.5, 0.6) is 0 Å². The number of amides is 1. The molecule has 9 heteroatoms. The molecule has 0 saturated carbocycles. The second-order valence-electron chi connectivity index (χ2n) is 6.79. The molecule has 2 N–H and O–H groups in total. The second kappa shape index (κ2) is 6.90. The average molecular weight is 378 g/mol. The number of rotatable bonds is 4. The Morgan fingerprint density at radius 2 is 1.92 bits per heavy atom. The number of hydrogen-bond acceptors (Lipinski definition) is 4. The number of anilines is 1. The molecule has 0 aliphatic heterocycles. The minimum absolute atomic E-state index is 0.0445. The van der Waals surface area contributed by atoms with Crippen LogP contribution in [0.4, 0.5) is 10.1 Å². The molecule has 7 nitrogen and oxygen atoms in total. The Hall–Kier alpha value is -2.70. The predicted octanol–water partition coefficient (Wildman–Crippen LogP) is 2.36. The molecule has 138 valence electrons. The van der Waals surface area contributed by atoms with Gasteiger partial charge in [-0.2, -0.15) is 5.26 Å². The third-order valence-electron chi connectivity index (χ3n) is 3.31. The van der Waals surface area contributed by atoms with Crippen LogP contribution in [-0.2, 0) is 17.1 Å². The number of halogens is 1. The van der Waals surface area contributed by atoms with Gasteiger partial charge < -0.3 is 9.88 Å². The largest absolute Gasteiger partial charge is 0.345 e. The van der Waals surface area contributed by atoms with Gasteiger partial charge in [0.15, 0.2) is 0 Å². The fourth-order valence-electron chi connectivity index (χ4n) is 2.25. The molecule has 26 heavy (non-hydrogen) atoms. The van der Waals surface area contributed by atoms with E-state index in [2.05, 4.69) is 10.0 Å². The summed E-state index contributed by atoms with van der Waals surface area (Å²) >= 11 is 0. The lowest BCUT2D eigenvalue weighted by Gasteiger charge is -2.19. The summed E-state index contributed by atoms with van der Waals surface area (Å²) in [6, 6.07) is 6.53. The molecule has 2 rings (SSSR count). The van der Waals surface area contributed by atoms with Gasteiger partial charge >= 0.3 is 0 Å². The van der Waals surface area contributed by atoms with E-state index >= 15 is 0 Å². The van der Waals surface area contributed by atoms with E-state index in [1.54, 1.807) is 26.8 Å². The maximum Gasteiger partial charge on any atom is 0.272 e. The van der Waals surface area contributed by atoms with Crippen molar-refractivity contribution in [2.45, 2.75) is 31.2 Å². The fraction of sp³-hybridized carbons (Fsp3) is 0.294. The van der Waals surface area contributed by atoms with Crippen LogP contribution in [0, 0.1) is 17.1 Å². The molecule has 0 fully saturated rings. The highest BCUT2D eigenvalue weighted by Crippen LogP contribution is 2.19. The lowest BCUT2D eigenvalue weighted by atomic mass is 10.1. The van der Waals surface area contributed by atoms with Crippen molar-refractivity contribution in [2.24, 2.45) is 7.05 Å². The van der Waals surface area contributed by atoms with Gasteiger partial charge in [0.2, 0.25) is 10.0 Å². The second-order valence-corrected chi connectivity index (χ2v) is 8.47. The number of aromatic nitrogens is 1. The van der Waals surface area contributed by atoms with Crippen LogP contribution in [0.15, 0.2) is 35.4 Å². The molecule has 1 heterocycles. The average Bonchev–Trinajstić information content (AvgIpc) is 2.90. The van der Waals surface area contributed by atoms with Gasteiger partial charge in [-0.25, -0.2) is 17.5 Å². The zero-order valence-electron chi connectivity index (χ0n) is 14.8. The van der Waals surface area contributed by atoms with E-state index in [0.29, 0.717) is 0 Å². The van der Waals surface area contributed by atoms with Gasteiger partial charge in [-0.1, -0.05) is 0 Å². The highest BCUT2D eigenvalue weighted by Gasteiger charge is 2.25. The van der Waals surface area contributed by atoms with E-state index in [4.69, 9.17) is 5.26 Å². The first-order valence-electron chi connectivity index (χ1n) is 7.64. The number of benzene rings is 1. The van der Waals surface area contributed by atoms with Crippen molar-refractivity contribution in [1.29, 1.82) is 5.26 Å². The topological polar surface area (TPSA) is 104 Å². The molecule has 0 aliphatic rings. The number of hydrogen-bond donors (Lipinski definition) is 2. The van der Waals surface area contributed by atoms with Gasteiger partial charge in [-0.15, -0.1) is 0 Å². The first kappa shape index (κ1) is 19.6. The quantitative estimate of drug-likeness (QED) is 0.852. The third kappa shape index (κ3) is 4.47. The molecule has 1 aromatic carbocycles. The minimum atomic E-state index is -3.79. The molecule has 0 spiro atoms. The highest BCUT2D eigenvalue weighted by molar-refractivity contribution is 7.89. The summed E-state index contributed by atoms with van der Waals surface area (Å²) in [5.41, 5.74) is -0.542. The molecular formula is C17H19FN4O3S. The van der Waals surface area contributed by atoms with Crippen molar-refractivity contribution < 1.29 is 17.6 Å². The number of nitrogens with zero attached hydrogens (tertiary/aromatic N) is 2. The summed E-state index contributed by atoms with van der Waals surface area (Å²) < 4.78 is 42.0. The number of nitriles is 1. The van der Waals surface area contributed by atoms with E-state index in [1.165, 1.54) is 36.0 Å². The monoisotopic (exact) mass is 378 g/mol. The minimum Gasteiger partial charge on any atom is -0.345 e. The van der Waals surface area contributed by atoms with Crippen molar-refractivity contribution in [2.75, 3.05) is 5.32 Å². The molecule has 0 bridgehead atoms. The molecule has 0 aliphatic carbocycles. The SMILES string of the molecule is Cn1cc(S(=O)(=O)NC(C)(C)C)cc1C(=O)Nc1ccc(F)c(C#N)c1. The Bertz CT molecular complexity index is 998. The van der Waals surface area contributed by atoms with E-state index in [9.17, 15) is 17.6 Å². The standard InChI is InChI=1S/C17H19FN4O3S/c1-17(2,3)21-26(24,25)13-8-15(22(4)10-13)16(23)20-12-5-6-14(18)11(7-12)9-19/h5-8,10,21H,1-4H3,(H,20,23). The lowest BCUT2D eigenvalue weighted by molar-refractivity contribution is 0.101. The zero-order chi connectivity index (χ0) is 19.7. The first-order valence-corrected chi connectivity index (χ1v) is 9.12. The Morgan fingerprint density at radius 3 is 2.50 bits per heavy atom. The number of carbonyl (C=O) groups is 1. The molecule has 2 aromatic rings. The van der Waals surface area contributed by atoms with Gasteiger partial charge in [0, 0.05) is 24.5 Å². The molecule has 1 amide bonds. The van der Waals surface area contributed by atoms with Crippen molar-refractivity contribution in [3.8, 4) is 6.07 Å². The highest BCUT2D eigenvalue weighted by atomic mass is 32.2. The fourth-order valence-corrected chi connectivity index (χ4v) is 3.74. The van der Waals surface area contributed by atoms with E-state index in [0.717, 1.165) is 6.07 Å². The van der Waals surface area contributed by atoms with Crippen LogP contribution < -0.4 is 10.0 Å². The predicted molar refractivity (Wildman–Crippen MR) is 94.6 cm³/mol. The van der Waals surface area contributed by atoms with Gasteiger partial charge in [0.1, 0.15) is 22.5 Å². The Labute approximate surface area is 151 Å². The van der Waals surface area contributed by atoms with Crippen LogP contribution in [0.3, 0.4) is 0 Å². The van der Waals surface area contributed by atoms with Gasteiger partial charge in [0.25, 0.3) is 5.91 Å². The Kier molecular flexibility index (Phi) is 5.21. The van der Waals surface area contributed by atoms with E-state index < -0.39 is 27.3 Å². The zero-order valence-corrected chi connectivity index (χ0v) is 15.6. The van der Waals surface area contributed by atoms with Gasteiger partial charge in [0.05, 0.1) is 5.56 Å². The van der Waals surface area contributed by atoms with Crippen molar-refractivity contribution in [3.05, 3.63) is 47.5 Å². The molecular weight excluding hydrogens is 359 g/mol. The van der Waals surface area contributed by atoms with Crippen molar-refractivity contribution >= 4 is 21.6 Å². The summed E-state index contributed by atoms with van der Waals surface area (Å²) in [5, 5.41) is 11.4. The number of carbonyl (C=O) groups excluding carboxylic acids is 1. The third-order valence-corrected chi connectivity index (χ3v) is 5.03. The number of aryl methyl sites for hydroxylation is 1. The van der Waals surface area contributed by atoms with Crippen LogP contribution in [-0.4, -0.2) is 24.4 Å². The Morgan fingerprint density at radius 1 is 1.27 bits per heavy atom. The van der Waals surface area contributed by atoms with Crippen molar-refractivity contribution in [3.63, 3.8) is 0 Å². The van der Waals surface area contributed by atoms with Crippen molar-refractivity contribution in [1.82, 2.24) is 9.29 Å². The molecule has 0 atom stereocenters. The van der Waals surface area contributed by atoms with Crippen LogP contribution in [0.2, 0.25) is 0 Å². The molecule has 0 unspecified atom stereocenters. The van der Waals surface area contributed by atoms with Gasteiger partial charge in [-0.3, -0.25) is 4.79 Å². The Balaban J connectivity index is 2.29. The summed E-state index contributed by atoms with van der Waals surface area (Å²) in [6.07, 6.45) is 1.33. The number of sulfonamides is 1. The summed E-state index contributed by atoms with van der Waals surface area (Å²) in [5.74, 6) is -1.27. The summed E-state index contributed by atoms with van der Waals surface area (Å²) in [6.45, 7) is 5.13. The van der Waals surface area contributed by atoms with Crippen LogP contribution >= 0.6 is 0 Å². The van der Waals surface area contributed by atoms with Gasteiger partial charge in [-0.05, 0) is 45.0 Å². The maximum absolute atomic E-state index is 13.4. The first-order chi connectivity index (χ1) is 11.9. The summed E-state index contributed by atoms with van der Waals surface area (Å²) in [4.78, 5) is 12.4. The smallest absolute Gasteiger partial charge is 0.272 e. The van der Waals surface area contributed by atoms with Crippen LogP contribution in [0.1, 0.15) is 36.8 Å². The molecule has 1 aromatic heterocycles. The summed E-state index contributed by atoms with van der Waals surface area (Å²) in [7, 11) is -2.25. The van der Waals surface area contributed by atoms with E-state index in [1.807, 2.05) is 0 Å².